The normalized spacial score (nSPS) is 11.1. The van der Waals surface area contributed by atoms with Gasteiger partial charge in [-0.05, 0) is 35.7 Å². The molecular formula is C18H23BrOS. The second-order valence-corrected chi connectivity index (χ2v) is 7.03. The number of hydrogen-bond acceptors (Lipinski definition) is 2. The Labute approximate surface area is 140 Å². The first-order valence-electron chi connectivity index (χ1n) is 7.65. The predicted octanol–water partition coefficient (Wildman–Crippen LogP) is 5.90. The smallest absolute Gasteiger partial charge is 0.0560 e. The Morgan fingerprint density at radius 3 is 2.52 bits per heavy atom. The van der Waals surface area contributed by atoms with Crippen LogP contribution in [0.4, 0.5) is 0 Å². The summed E-state index contributed by atoms with van der Waals surface area (Å²) in [6.07, 6.45) is 5.05. The van der Waals surface area contributed by atoms with Crippen molar-refractivity contribution in [1.29, 1.82) is 0 Å². The van der Waals surface area contributed by atoms with Gasteiger partial charge in [0.25, 0.3) is 0 Å². The molecule has 114 valence electrons. The van der Waals surface area contributed by atoms with Crippen molar-refractivity contribution in [1.82, 2.24) is 0 Å². The van der Waals surface area contributed by atoms with E-state index in [4.69, 9.17) is 4.74 Å². The highest BCUT2D eigenvalue weighted by Gasteiger charge is 1.97. The van der Waals surface area contributed by atoms with Crippen LogP contribution >= 0.6 is 27.7 Å². The van der Waals surface area contributed by atoms with Gasteiger partial charge in [0.05, 0.1) is 6.61 Å². The number of rotatable bonds is 10. The minimum Gasteiger partial charge on any atom is -0.381 e. The van der Waals surface area contributed by atoms with E-state index in [0.717, 1.165) is 24.3 Å². The lowest BCUT2D eigenvalue weighted by atomic mass is 10.1. The maximum Gasteiger partial charge on any atom is 0.0560 e. The Balaban J connectivity index is 1.59. The molecule has 2 aromatic carbocycles. The molecule has 1 nitrogen and oxygen atoms in total. The lowest BCUT2D eigenvalue weighted by Gasteiger charge is -2.05. The van der Waals surface area contributed by atoms with Gasteiger partial charge in [-0.25, -0.2) is 0 Å². The third kappa shape index (κ3) is 6.41. The van der Waals surface area contributed by atoms with Crippen LogP contribution in [0.25, 0.3) is 10.8 Å². The van der Waals surface area contributed by atoms with Crippen molar-refractivity contribution >= 4 is 38.5 Å². The lowest BCUT2D eigenvalue weighted by Crippen LogP contribution is -1.99. The summed E-state index contributed by atoms with van der Waals surface area (Å²) in [5.41, 5.74) is 0. The fourth-order valence-corrected chi connectivity index (χ4v) is 3.44. The van der Waals surface area contributed by atoms with Crippen molar-refractivity contribution in [3.8, 4) is 0 Å². The zero-order valence-electron chi connectivity index (χ0n) is 12.4. The van der Waals surface area contributed by atoms with Crippen LogP contribution < -0.4 is 0 Å². The number of hydrogen-bond donors (Lipinski definition) is 0. The summed E-state index contributed by atoms with van der Waals surface area (Å²) in [6.45, 7) is 1.75. The second kappa shape index (κ2) is 10.3. The van der Waals surface area contributed by atoms with E-state index >= 15 is 0 Å². The van der Waals surface area contributed by atoms with Crippen LogP contribution in [0.15, 0.2) is 47.4 Å². The van der Waals surface area contributed by atoms with Crippen LogP contribution in [0, 0.1) is 0 Å². The SMILES string of the molecule is BrCCCCCCOCCSc1ccc2ccccc2c1. The topological polar surface area (TPSA) is 9.23 Å². The van der Waals surface area contributed by atoms with Gasteiger partial charge < -0.3 is 4.74 Å². The van der Waals surface area contributed by atoms with Crippen LogP contribution in [0.1, 0.15) is 25.7 Å². The van der Waals surface area contributed by atoms with Gasteiger partial charge in [0.15, 0.2) is 0 Å². The van der Waals surface area contributed by atoms with E-state index in [9.17, 15) is 0 Å². The van der Waals surface area contributed by atoms with Crippen LogP contribution in [0.3, 0.4) is 0 Å². The Morgan fingerprint density at radius 1 is 0.857 bits per heavy atom. The molecule has 3 heteroatoms. The molecule has 0 radical (unpaired) electrons. The Hall–Kier alpha value is -0.510. The lowest BCUT2D eigenvalue weighted by molar-refractivity contribution is 0.145. The Kier molecular flexibility index (Phi) is 8.23. The van der Waals surface area contributed by atoms with Crippen LogP contribution in [-0.2, 0) is 4.74 Å². The molecule has 0 N–H and O–H groups in total. The largest absolute Gasteiger partial charge is 0.381 e. The van der Waals surface area contributed by atoms with Gasteiger partial charge in [-0.1, -0.05) is 59.1 Å². The van der Waals surface area contributed by atoms with Crippen molar-refractivity contribution in [3.63, 3.8) is 0 Å². The van der Waals surface area contributed by atoms with E-state index in [2.05, 4.69) is 58.4 Å². The zero-order chi connectivity index (χ0) is 14.8. The highest BCUT2D eigenvalue weighted by Crippen LogP contribution is 2.23. The third-order valence-electron chi connectivity index (χ3n) is 3.39. The fourth-order valence-electron chi connectivity index (χ4n) is 2.23. The first-order valence-corrected chi connectivity index (χ1v) is 9.76. The molecule has 0 heterocycles. The van der Waals surface area contributed by atoms with Gasteiger partial charge in [-0.2, -0.15) is 0 Å². The monoisotopic (exact) mass is 366 g/mol. The summed E-state index contributed by atoms with van der Waals surface area (Å²) in [4.78, 5) is 1.33. The molecule has 21 heavy (non-hydrogen) atoms. The van der Waals surface area contributed by atoms with Gasteiger partial charge in [0.2, 0.25) is 0 Å². The van der Waals surface area contributed by atoms with E-state index in [1.165, 1.54) is 41.4 Å². The minimum absolute atomic E-state index is 0.843. The van der Waals surface area contributed by atoms with Crippen molar-refractivity contribution in [3.05, 3.63) is 42.5 Å². The summed E-state index contributed by atoms with van der Waals surface area (Å²) in [5.74, 6) is 1.03. The van der Waals surface area contributed by atoms with Crippen molar-refractivity contribution in [2.45, 2.75) is 30.6 Å². The molecule has 2 aromatic rings. The summed E-state index contributed by atoms with van der Waals surface area (Å²) in [5, 5.41) is 3.74. The standard InChI is InChI=1S/C18H23BrOS/c19-11-5-1-2-6-12-20-13-14-21-18-10-9-16-7-3-4-8-17(16)15-18/h3-4,7-10,15H,1-2,5-6,11-14H2. The fraction of sp³-hybridized carbons (Fsp3) is 0.444. The number of unbranched alkanes of at least 4 members (excludes halogenated alkanes) is 3. The van der Waals surface area contributed by atoms with E-state index in [1.54, 1.807) is 0 Å². The first kappa shape index (κ1) is 16.9. The number of halogens is 1. The summed E-state index contributed by atoms with van der Waals surface area (Å²) >= 11 is 5.33. The molecular weight excluding hydrogens is 344 g/mol. The highest BCUT2D eigenvalue weighted by molar-refractivity contribution is 9.09. The quantitative estimate of drug-likeness (QED) is 0.294. The molecule has 0 aromatic heterocycles. The van der Waals surface area contributed by atoms with E-state index in [1.807, 2.05) is 11.8 Å². The van der Waals surface area contributed by atoms with Gasteiger partial charge in [0, 0.05) is 22.6 Å². The summed E-state index contributed by atoms with van der Waals surface area (Å²) in [7, 11) is 0. The third-order valence-corrected chi connectivity index (χ3v) is 4.91. The first-order chi connectivity index (χ1) is 10.4. The molecule has 0 unspecified atom stereocenters. The molecule has 0 atom stereocenters. The number of thioether (sulfide) groups is 1. The van der Waals surface area contributed by atoms with Crippen LogP contribution in [-0.4, -0.2) is 24.3 Å². The molecule has 0 bridgehead atoms. The average Bonchev–Trinajstić information content (AvgIpc) is 2.53. The van der Waals surface area contributed by atoms with Gasteiger partial charge in [0.1, 0.15) is 0 Å². The molecule has 0 spiro atoms. The maximum atomic E-state index is 5.69. The predicted molar refractivity (Wildman–Crippen MR) is 97.8 cm³/mol. The summed E-state index contributed by atoms with van der Waals surface area (Å²) in [6, 6.07) is 15.2. The minimum atomic E-state index is 0.843. The van der Waals surface area contributed by atoms with E-state index in [-0.39, 0.29) is 0 Å². The number of benzene rings is 2. The van der Waals surface area contributed by atoms with Crippen LogP contribution in [0.5, 0.6) is 0 Å². The molecule has 0 aliphatic carbocycles. The van der Waals surface area contributed by atoms with Gasteiger partial charge >= 0.3 is 0 Å². The summed E-state index contributed by atoms with van der Waals surface area (Å²) < 4.78 is 5.69. The van der Waals surface area contributed by atoms with Gasteiger partial charge in [-0.15, -0.1) is 11.8 Å². The Morgan fingerprint density at radius 2 is 1.67 bits per heavy atom. The van der Waals surface area contributed by atoms with E-state index in [0.29, 0.717) is 0 Å². The van der Waals surface area contributed by atoms with Crippen molar-refractivity contribution in [2.24, 2.45) is 0 Å². The molecule has 0 amide bonds. The van der Waals surface area contributed by atoms with Crippen molar-refractivity contribution in [2.75, 3.05) is 24.3 Å². The highest BCUT2D eigenvalue weighted by atomic mass is 79.9. The average molecular weight is 367 g/mol. The molecule has 0 fully saturated rings. The van der Waals surface area contributed by atoms with Crippen molar-refractivity contribution < 1.29 is 4.74 Å². The molecule has 0 saturated heterocycles. The van der Waals surface area contributed by atoms with Crippen LogP contribution in [0.2, 0.25) is 0 Å². The number of ether oxygens (including phenoxy) is 1. The molecule has 0 aliphatic rings. The van der Waals surface area contributed by atoms with Gasteiger partial charge in [-0.3, -0.25) is 0 Å². The molecule has 2 rings (SSSR count). The van der Waals surface area contributed by atoms with E-state index < -0.39 is 0 Å². The molecule has 0 saturated carbocycles. The second-order valence-electron chi connectivity index (χ2n) is 5.07. The number of fused-ring (bicyclic) bond motifs is 1. The maximum absolute atomic E-state index is 5.69. The number of alkyl halides is 1. The molecule has 0 aliphatic heterocycles. The zero-order valence-corrected chi connectivity index (χ0v) is 14.8. The Bertz CT molecular complexity index is 529.